The van der Waals surface area contributed by atoms with E-state index in [2.05, 4.69) is 0 Å². The Kier molecular flexibility index (Phi) is 7.58. The van der Waals surface area contributed by atoms with Gasteiger partial charge in [0.1, 0.15) is 5.75 Å². The van der Waals surface area contributed by atoms with E-state index >= 15 is 0 Å². The number of aromatic hydroxyl groups is 1. The minimum atomic E-state index is -0.845. The average Bonchev–Trinajstić information content (AvgIpc) is 2.83. The topological polar surface area (TPSA) is 98.2 Å². The molecule has 1 heterocycles. The second kappa shape index (κ2) is 10.1. The first-order valence-corrected chi connectivity index (χ1v) is 12.1. The molecule has 0 radical (unpaired) electrons. The van der Waals surface area contributed by atoms with Crippen LogP contribution in [-0.4, -0.2) is 39.6 Å². The number of hydrogen-bond acceptors (Lipinski definition) is 4. The average molecular weight is 481 g/mol. The Hall–Kier alpha value is -3.35. The number of amides is 3. The van der Waals surface area contributed by atoms with Crippen LogP contribution in [0.15, 0.2) is 24.3 Å². The number of hydrogen-bond donors (Lipinski definition) is 2. The largest absolute Gasteiger partial charge is 0.507 e. The van der Waals surface area contributed by atoms with Crippen molar-refractivity contribution in [1.82, 2.24) is 4.90 Å². The number of carboxylic acids is 1. The fraction of sp³-hybridized carbons (Fsp3) is 0.464. The molecule has 3 rings (SSSR count). The number of phenolic OH excluding ortho intramolecular Hbond substituents is 1. The third kappa shape index (κ3) is 5.34. The Balaban J connectivity index is 2.00. The maximum atomic E-state index is 14.0. The number of rotatable bonds is 6. The first-order valence-electron chi connectivity index (χ1n) is 12.1. The van der Waals surface area contributed by atoms with Gasteiger partial charge < -0.3 is 15.1 Å². The maximum absolute atomic E-state index is 14.0. The zero-order valence-electron chi connectivity index (χ0n) is 21.6. The summed E-state index contributed by atoms with van der Waals surface area (Å²) in [6.07, 6.45) is 1.71. The lowest BCUT2D eigenvalue weighted by molar-refractivity contribution is -0.137. The van der Waals surface area contributed by atoms with Gasteiger partial charge in [-0.1, -0.05) is 39.0 Å². The van der Waals surface area contributed by atoms with Crippen LogP contribution < -0.4 is 4.90 Å². The Morgan fingerprint density at radius 1 is 1.06 bits per heavy atom. The van der Waals surface area contributed by atoms with E-state index in [0.717, 1.165) is 16.7 Å². The zero-order valence-corrected chi connectivity index (χ0v) is 21.6. The van der Waals surface area contributed by atoms with Crippen LogP contribution in [0, 0.1) is 26.2 Å². The molecule has 0 aliphatic carbocycles. The van der Waals surface area contributed by atoms with Crippen LogP contribution in [-0.2, 0) is 29.0 Å². The van der Waals surface area contributed by atoms with Gasteiger partial charge in [0.25, 0.3) is 0 Å². The van der Waals surface area contributed by atoms with E-state index in [-0.39, 0.29) is 24.1 Å². The summed E-state index contributed by atoms with van der Waals surface area (Å²) in [5.74, 6) is -0.956. The second-order valence-electron chi connectivity index (χ2n) is 10.1. The number of carbonyl (C=O) groups excluding carboxylic acids is 2. The fourth-order valence-corrected chi connectivity index (χ4v) is 4.35. The summed E-state index contributed by atoms with van der Waals surface area (Å²) < 4.78 is 0. The van der Waals surface area contributed by atoms with Gasteiger partial charge in [0, 0.05) is 24.9 Å². The molecule has 0 fully saturated rings. The molecular weight excluding hydrogens is 444 g/mol. The van der Waals surface area contributed by atoms with E-state index in [1.54, 1.807) is 24.8 Å². The highest BCUT2D eigenvalue weighted by molar-refractivity contribution is 6.16. The van der Waals surface area contributed by atoms with Crippen molar-refractivity contribution < 1.29 is 24.6 Å². The standard InChI is InChI=1S/C28H36N2O5/c1-7-28(5,6)26(34)30(23-14-17(2)25(33)19(4)18(23)3)27(35)29-13-12-21-10-8-20(9-11-24(31)32)15-22(21)16-29/h8,10,14-15,33H,7,9,11-13,16H2,1-6H3,(H,31,32). The molecule has 2 aromatic rings. The highest BCUT2D eigenvalue weighted by Gasteiger charge is 2.38. The van der Waals surface area contributed by atoms with Crippen molar-refractivity contribution in [2.24, 2.45) is 5.41 Å². The first-order chi connectivity index (χ1) is 16.4. The van der Waals surface area contributed by atoms with Crippen molar-refractivity contribution in [2.75, 3.05) is 11.4 Å². The number of aryl methyl sites for hydroxylation is 2. The predicted octanol–water partition coefficient (Wildman–Crippen LogP) is 5.28. The molecule has 2 N–H and O–H groups in total. The van der Waals surface area contributed by atoms with Gasteiger partial charge in [0.05, 0.1) is 5.69 Å². The van der Waals surface area contributed by atoms with Crippen molar-refractivity contribution in [3.63, 3.8) is 0 Å². The molecule has 7 nitrogen and oxygen atoms in total. The molecular formula is C28H36N2O5. The number of carbonyl (C=O) groups is 3. The molecule has 188 valence electrons. The summed E-state index contributed by atoms with van der Waals surface area (Å²) in [6, 6.07) is 7.25. The summed E-state index contributed by atoms with van der Waals surface area (Å²) in [7, 11) is 0. The monoisotopic (exact) mass is 480 g/mol. The predicted molar refractivity (Wildman–Crippen MR) is 136 cm³/mol. The van der Waals surface area contributed by atoms with E-state index in [4.69, 9.17) is 5.11 Å². The van der Waals surface area contributed by atoms with Crippen molar-refractivity contribution in [3.8, 4) is 5.75 Å². The van der Waals surface area contributed by atoms with Gasteiger partial charge in [-0.15, -0.1) is 0 Å². The van der Waals surface area contributed by atoms with Crippen LogP contribution in [0.25, 0.3) is 0 Å². The normalized spacial score (nSPS) is 13.4. The number of phenols is 1. The van der Waals surface area contributed by atoms with Crippen molar-refractivity contribution in [2.45, 2.75) is 73.8 Å². The number of imide groups is 1. The number of benzene rings is 2. The number of aliphatic carboxylic acids is 1. The Morgan fingerprint density at radius 2 is 1.74 bits per heavy atom. The number of carboxylic acid groups (broad SMARTS) is 1. The van der Waals surface area contributed by atoms with Crippen LogP contribution in [0.1, 0.15) is 67.0 Å². The van der Waals surface area contributed by atoms with Gasteiger partial charge >= 0.3 is 12.0 Å². The molecule has 35 heavy (non-hydrogen) atoms. The van der Waals surface area contributed by atoms with Crippen molar-refractivity contribution >= 4 is 23.6 Å². The Labute approximate surface area is 207 Å². The van der Waals surface area contributed by atoms with Gasteiger partial charge in [-0.3, -0.25) is 9.59 Å². The summed E-state index contributed by atoms with van der Waals surface area (Å²) in [4.78, 5) is 41.7. The fourth-order valence-electron chi connectivity index (χ4n) is 4.35. The smallest absolute Gasteiger partial charge is 0.331 e. The number of anilines is 1. The lowest BCUT2D eigenvalue weighted by atomic mass is 9.88. The van der Waals surface area contributed by atoms with E-state index in [1.807, 2.05) is 45.9 Å². The molecule has 1 aliphatic rings. The van der Waals surface area contributed by atoms with Crippen LogP contribution >= 0.6 is 0 Å². The van der Waals surface area contributed by atoms with E-state index < -0.39 is 11.4 Å². The molecule has 0 saturated heterocycles. The molecule has 0 aromatic heterocycles. The van der Waals surface area contributed by atoms with Gasteiger partial charge in [-0.25, -0.2) is 9.69 Å². The van der Waals surface area contributed by atoms with Crippen LogP contribution in [0.5, 0.6) is 5.75 Å². The minimum Gasteiger partial charge on any atom is -0.507 e. The number of fused-ring (bicyclic) bond motifs is 1. The molecule has 0 bridgehead atoms. The van der Waals surface area contributed by atoms with Gasteiger partial charge in [-0.2, -0.15) is 0 Å². The molecule has 0 atom stereocenters. The van der Waals surface area contributed by atoms with Gasteiger partial charge in [0.15, 0.2) is 0 Å². The third-order valence-corrected chi connectivity index (χ3v) is 7.31. The number of urea groups is 1. The minimum absolute atomic E-state index is 0.0502. The summed E-state index contributed by atoms with van der Waals surface area (Å²) >= 11 is 0. The number of nitrogens with zero attached hydrogens (tertiary/aromatic N) is 2. The highest BCUT2D eigenvalue weighted by Crippen LogP contribution is 2.36. The zero-order chi connectivity index (χ0) is 26.1. The molecule has 3 amide bonds. The van der Waals surface area contributed by atoms with E-state index in [1.165, 1.54) is 4.90 Å². The molecule has 1 aliphatic heterocycles. The van der Waals surface area contributed by atoms with Crippen LogP contribution in [0.2, 0.25) is 0 Å². The lowest BCUT2D eigenvalue weighted by Gasteiger charge is -2.37. The van der Waals surface area contributed by atoms with E-state index in [0.29, 0.717) is 54.7 Å². The summed E-state index contributed by atoms with van der Waals surface area (Å²) in [5, 5.41) is 19.4. The van der Waals surface area contributed by atoms with Crippen molar-refractivity contribution in [3.05, 3.63) is 57.6 Å². The summed E-state index contributed by atoms with van der Waals surface area (Å²) in [6.45, 7) is 11.8. The SMILES string of the molecule is CCC(C)(C)C(=O)N(C(=O)N1CCc2ccc(CCC(=O)O)cc2C1)c1cc(C)c(O)c(C)c1C. The molecule has 7 heteroatoms. The Morgan fingerprint density at radius 3 is 2.37 bits per heavy atom. The van der Waals surface area contributed by atoms with Crippen molar-refractivity contribution in [1.29, 1.82) is 0 Å². The molecule has 0 saturated carbocycles. The van der Waals surface area contributed by atoms with Gasteiger partial charge in [-0.05, 0) is 79.5 Å². The van der Waals surface area contributed by atoms with E-state index in [9.17, 15) is 19.5 Å². The summed E-state index contributed by atoms with van der Waals surface area (Å²) in [5.41, 5.74) is 4.71. The highest BCUT2D eigenvalue weighted by atomic mass is 16.4. The third-order valence-electron chi connectivity index (χ3n) is 7.31. The molecule has 2 aromatic carbocycles. The Bertz CT molecular complexity index is 1170. The lowest BCUT2D eigenvalue weighted by Crippen LogP contribution is -2.52. The molecule has 0 spiro atoms. The maximum Gasteiger partial charge on any atom is 0.331 e. The second-order valence-corrected chi connectivity index (χ2v) is 10.1. The van der Waals surface area contributed by atoms with Crippen LogP contribution in [0.3, 0.4) is 0 Å². The van der Waals surface area contributed by atoms with Gasteiger partial charge in [0.2, 0.25) is 5.91 Å². The van der Waals surface area contributed by atoms with Crippen LogP contribution in [0.4, 0.5) is 10.5 Å². The first kappa shape index (κ1) is 26.3. The quantitative estimate of drug-likeness (QED) is 0.586. The molecule has 0 unspecified atom stereocenters.